The van der Waals surface area contributed by atoms with Crippen molar-refractivity contribution in [2.24, 2.45) is 0 Å². The summed E-state index contributed by atoms with van der Waals surface area (Å²) in [7, 11) is 1.37. The normalized spacial score (nSPS) is 15.4. The largest absolute Gasteiger partial charge is 0.494 e. The lowest BCUT2D eigenvalue weighted by atomic mass is 10.1. The molecule has 32 heavy (non-hydrogen) atoms. The van der Waals surface area contributed by atoms with Crippen LogP contribution in [0.25, 0.3) is 0 Å². The Balaban J connectivity index is 1.47. The van der Waals surface area contributed by atoms with Crippen molar-refractivity contribution in [2.75, 3.05) is 45.2 Å². The molecule has 3 rings (SSSR count). The monoisotopic (exact) mass is 452 g/mol. The first-order chi connectivity index (χ1) is 15.2. The Morgan fingerprint density at radius 3 is 2.28 bits per heavy atom. The van der Waals surface area contributed by atoms with Crippen LogP contribution in [0.4, 0.5) is 24.5 Å². The molecule has 1 heterocycles. The first kappa shape index (κ1) is 23.5. The molecule has 0 spiro atoms. The summed E-state index contributed by atoms with van der Waals surface area (Å²) in [5.41, 5.74) is 0.351. The number of non-ortho nitro benzene ring substituents is 1. The average molecular weight is 452 g/mol. The van der Waals surface area contributed by atoms with Crippen molar-refractivity contribution in [1.29, 1.82) is 0 Å². The minimum absolute atomic E-state index is 0.135. The van der Waals surface area contributed by atoms with E-state index in [-0.39, 0.29) is 23.9 Å². The Morgan fingerprint density at radius 1 is 1.09 bits per heavy atom. The van der Waals surface area contributed by atoms with Crippen LogP contribution in [0.1, 0.15) is 11.1 Å². The van der Waals surface area contributed by atoms with E-state index in [1.165, 1.54) is 37.4 Å². The second-order valence-electron chi connectivity index (χ2n) is 7.44. The molecule has 8 nitrogen and oxygen atoms in total. The molecule has 1 N–H and O–H groups in total. The first-order valence-electron chi connectivity index (χ1n) is 9.89. The standard InChI is InChI=1S/C21H23F3N4O4/c1-32-19-12-17(28(30)31)6-7-18(19)25-20(29)14-27-10-8-26(9-11-27)13-15-2-4-16(5-3-15)21(22,23)24/h2-7,12H,8-11,13-14H2,1H3,(H,25,29). The van der Waals surface area contributed by atoms with Gasteiger partial charge in [0.1, 0.15) is 5.75 Å². The number of nitrogens with zero attached hydrogens (tertiary/aromatic N) is 3. The average Bonchev–Trinajstić information content (AvgIpc) is 2.75. The van der Waals surface area contributed by atoms with Gasteiger partial charge in [0.05, 0.1) is 35.9 Å². The fourth-order valence-electron chi connectivity index (χ4n) is 3.45. The van der Waals surface area contributed by atoms with Gasteiger partial charge in [0.25, 0.3) is 5.69 Å². The molecular formula is C21H23F3N4O4. The second kappa shape index (κ2) is 9.96. The van der Waals surface area contributed by atoms with Crippen molar-refractivity contribution < 1.29 is 27.6 Å². The molecule has 0 saturated carbocycles. The number of carbonyl (C=O) groups is 1. The molecule has 172 valence electrons. The van der Waals surface area contributed by atoms with Gasteiger partial charge < -0.3 is 10.1 Å². The van der Waals surface area contributed by atoms with Crippen molar-refractivity contribution in [2.45, 2.75) is 12.7 Å². The summed E-state index contributed by atoms with van der Waals surface area (Å²) >= 11 is 0. The summed E-state index contributed by atoms with van der Waals surface area (Å²) in [6.45, 7) is 3.30. The summed E-state index contributed by atoms with van der Waals surface area (Å²) < 4.78 is 43.1. The molecule has 0 aliphatic carbocycles. The third kappa shape index (κ3) is 6.17. The van der Waals surface area contributed by atoms with Crippen LogP contribution in [0, 0.1) is 10.1 Å². The number of anilines is 1. The van der Waals surface area contributed by atoms with Gasteiger partial charge >= 0.3 is 6.18 Å². The highest BCUT2D eigenvalue weighted by Crippen LogP contribution is 2.30. The number of hydrogen-bond acceptors (Lipinski definition) is 6. The van der Waals surface area contributed by atoms with Crippen molar-refractivity contribution in [3.63, 3.8) is 0 Å². The number of rotatable bonds is 7. The minimum atomic E-state index is -4.34. The van der Waals surface area contributed by atoms with Gasteiger partial charge in [-0.2, -0.15) is 13.2 Å². The number of piperazine rings is 1. The third-order valence-corrected chi connectivity index (χ3v) is 5.19. The van der Waals surface area contributed by atoms with Crippen LogP contribution in [-0.2, 0) is 17.5 Å². The van der Waals surface area contributed by atoms with E-state index >= 15 is 0 Å². The van der Waals surface area contributed by atoms with Crippen LogP contribution < -0.4 is 10.1 Å². The predicted octanol–water partition coefficient (Wildman–Crippen LogP) is 3.38. The highest BCUT2D eigenvalue weighted by Gasteiger charge is 2.30. The summed E-state index contributed by atoms with van der Waals surface area (Å²) in [6, 6.07) is 9.11. The molecule has 0 bridgehead atoms. The van der Waals surface area contributed by atoms with Gasteiger partial charge in [0, 0.05) is 38.8 Å². The summed E-state index contributed by atoms with van der Waals surface area (Å²) in [5, 5.41) is 13.6. The van der Waals surface area contributed by atoms with E-state index in [2.05, 4.69) is 10.2 Å². The number of halogens is 3. The Hall–Kier alpha value is -3.18. The Bertz CT molecular complexity index is 959. The number of nitro benzene ring substituents is 1. The molecule has 1 fully saturated rings. The first-order valence-corrected chi connectivity index (χ1v) is 9.89. The van der Waals surface area contributed by atoms with Gasteiger partial charge in [-0.1, -0.05) is 12.1 Å². The number of carbonyl (C=O) groups excluding carboxylic acids is 1. The second-order valence-corrected chi connectivity index (χ2v) is 7.44. The van der Waals surface area contributed by atoms with Crippen LogP contribution in [-0.4, -0.2) is 60.5 Å². The molecule has 2 aromatic rings. The quantitative estimate of drug-likeness (QED) is 0.512. The lowest BCUT2D eigenvalue weighted by molar-refractivity contribution is -0.384. The number of ether oxygens (including phenoxy) is 1. The van der Waals surface area contributed by atoms with Crippen molar-refractivity contribution in [1.82, 2.24) is 9.80 Å². The topological polar surface area (TPSA) is 87.9 Å². The number of nitro groups is 1. The van der Waals surface area contributed by atoms with Gasteiger partial charge in [0.2, 0.25) is 5.91 Å². The SMILES string of the molecule is COc1cc([N+](=O)[O-])ccc1NC(=O)CN1CCN(Cc2ccc(C(F)(F)F)cc2)CC1. The van der Waals surface area contributed by atoms with Crippen LogP contribution in [0.5, 0.6) is 5.75 Å². The van der Waals surface area contributed by atoms with Crippen LogP contribution in [0.15, 0.2) is 42.5 Å². The molecule has 1 amide bonds. The van der Waals surface area contributed by atoms with E-state index < -0.39 is 16.7 Å². The lowest BCUT2D eigenvalue weighted by Crippen LogP contribution is -2.48. The van der Waals surface area contributed by atoms with E-state index in [4.69, 9.17) is 4.74 Å². The van der Waals surface area contributed by atoms with E-state index in [1.54, 1.807) is 0 Å². The van der Waals surface area contributed by atoms with Crippen LogP contribution >= 0.6 is 0 Å². The van der Waals surface area contributed by atoms with Crippen LogP contribution in [0.2, 0.25) is 0 Å². The zero-order valence-corrected chi connectivity index (χ0v) is 17.4. The van der Waals surface area contributed by atoms with E-state index in [0.717, 1.165) is 17.7 Å². The van der Waals surface area contributed by atoms with Crippen LogP contribution in [0.3, 0.4) is 0 Å². The van der Waals surface area contributed by atoms with E-state index in [1.807, 2.05) is 4.90 Å². The van der Waals surface area contributed by atoms with Gasteiger partial charge in [0.15, 0.2) is 0 Å². The van der Waals surface area contributed by atoms with Crippen molar-refractivity contribution >= 4 is 17.3 Å². The smallest absolute Gasteiger partial charge is 0.416 e. The minimum Gasteiger partial charge on any atom is -0.494 e. The maximum absolute atomic E-state index is 12.7. The van der Waals surface area contributed by atoms with Crippen molar-refractivity contribution in [3.8, 4) is 5.75 Å². The third-order valence-electron chi connectivity index (χ3n) is 5.19. The zero-order valence-electron chi connectivity index (χ0n) is 17.4. The molecule has 2 aromatic carbocycles. The number of nitrogens with one attached hydrogen (secondary N) is 1. The lowest BCUT2D eigenvalue weighted by Gasteiger charge is -2.34. The number of benzene rings is 2. The molecule has 1 saturated heterocycles. The molecule has 0 atom stereocenters. The highest BCUT2D eigenvalue weighted by molar-refractivity contribution is 5.93. The number of amides is 1. The Kier molecular flexibility index (Phi) is 7.31. The number of hydrogen-bond donors (Lipinski definition) is 1. The van der Waals surface area contributed by atoms with E-state index in [0.29, 0.717) is 38.4 Å². The predicted molar refractivity (Wildman–Crippen MR) is 111 cm³/mol. The maximum Gasteiger partial charge on any atom is 0.416 e. The Labute approximate surface area is 182 Å². The van der Waals surface area contributed by atoms with Gasteiger partial charge in [-0.15, -0.1) is 0 Å². The van der Waals surface area contributed by atoms with Gasteiger partial charge in [-0.3, -0.25) is 24.7 Å². The summed E-state index contributed by atoms with van der Waals surface area (Å²) in [5.74, 6) is -0.0674. The number of methoxy groups -OCH3 is 1. The molecule has 11 heteroatoms. The maximum atomic E-state index is 12.7. The van der Waals surface area contributed by atoms with Gasteiger partial charge in [-0.25, -0.2) is 0 Å². The molecule has 0 aromatic heterocycles. The Morgan fingerprint density at radius 2 is 1.72 bits per heavy atom. The van der Waals surface area contributed by atoms with Crippen molar-refractivity contribution in [3.05, 3.63) is 63.7 Å². The molecule has 1 aliphatic rings. The fourth-order valence-corrected chi connectivity index (χ4v) is 3.45. The zero-order chi connectivity index (χ0) is 23.3. The highest BCUT2D eigenvalue weighted by atomic mass is 19.4. The molecule has 1 aliphatic heterocycles. The van der Waals surface area contributed by atoms with Gasteiger partial charge in [-0.05, 0) is 23.8 Å². The summed E-state index contributed by atoms with van der Waals surface area (Å²) in [6.07, 6.45) is -4.34. The number of alkyl halides is 3. The molecule has 0 radical (unpaired) electrons. The molecular weight excluding hydrogens is 429 g/mol. The van der Waals surface area contributed by atoms with E-state index in [9.17, 15) is 28.1 Å². The summed E-state index contributed by atoms with van der Waals surface area (Å²) in [4.78, 5) is 26.8. The molecule has 0 unspecified atom stereocenters. The fraction of sp³-hybridized carbons (Fsp3) is 0.381.